The smallest absolute Gasteiger partial charge is 0.350 e. The third-order valence-corrected chi connectivity index (χ3v) is 19.0. The van der Waals surface area contributed by atoms with Gasteiger partial charge >= 0.3 is 5.69 Å². The highest BCUT2D eigenvalue weighted by molar-refractivity contribution is 6.74. The zero-order valence-electron chi connectivity index (χ0n) is 27.7. The van der Waals surface area contributed by atoms with Crippen LogP contribution in [0.3, 0.4) is 0 Å². The van der Waals surface area contributed by atoms with Gasteiger partial charge in [-0.15, -0.1) is 0 Å². The molecule has 9 heteroatoms. The molecule has 0 saturated carbocycles. The number of ether oxygens (including phenoxy) is 1. The Labute approximate surface area is 257 Å². The molecular weight excluding hydrogens is 573 g/mol. The lowest BCUT2D eigenvalue weighted by Crippen LogP contribution is -2.48. The lowest BCUT2D eigenvalue weighted by molar-refractivity contribution is -0.0412. The molecule has 1 fully saturated rings. The Bertz CT molecular complexity index is 1690. The number of hydrogen-bond acceptors (Lipinski definition) is 6. The zero-order valence-corrected chi connectivity index (χ0v) is 29.7. The first-order valence-corrected chi connectivity index (χ1v) is 21.2. The summed E-state index contributed by atoms with van der Waals surface area (Å²) < 4.78 is 28.0. The maximum atomic E-state index is 13.7. The van der Waals surface area contributed by atoms with Crippen LogP contribution < -0.4 is 5.69 Å². The van der Waals surface area contributed by atoms with E-state index in [9.17, 15) is 4.79 Å². The van der Waals surface area contributed by atoms with Gasteiger partial charge in [-0.1, -0.05) is 71.9 Å². The summed E-state index contributed by atoms with van der Waals surface area (Å²) in [5.74, 6) is 0. The Morgan fingerprint density at radius 3 is 2.26 bits per heavy atom. The van der Waals surface area contributed by atoms with Crippen LogP contribution in [0.25, 0.3) is 33.2 Å². The normalized spacial score (nSPS) is 20.4. The van der Waals surface area contributed by atoms with Crippen molar-refractivity contribution in [3.05, 3.63) is 64.7 Å². The van der Waals surface area contributed by atoms with Crippen LogP contribution in [0.1, 0.15) is 59.8 Å². The fraction of sp³-hybridized carbons (Fsp3) is 0.529. The molecule has 0 bridgehead atoms. The van der Waals surface area contributed by atoms with E-state index in [2.05, 4.69) is 72.7 Å². The Morgan fingerprint density at radius 2 is 1.58 bits per heavy atom. The van der Waals surface area contributed by atoms with E-state index in [0.29, 0.717) is 18.7 Å². The minimum atomic E-state index is -2.11. The predicted octanol–water partition coefficient (Wildman–Crippen LogP) is 8.82. The Kier molecular flexibility index (Phi) is 8.22. The van der Waals surface area contributed by atoms with E-state index in [1.54, 1.807) is 4.57 Å². The summed E-state index contributed by atoms with van der Waals surface area (Å²) in [7, 11) is -4.12. The molecule has 0 amide bonds. The van der Waals surface area contributed by atoms with E-state index in [0.717, 1.165) is 33.1 Å². The molecule has 0 N–H and O–H groups in total. The second kappa shape index (κ2) is 11.1. The molecule has 3 atom stereocenters. The number of benzene rings is 2. The van der Waals surface area contributed by atoms with E-state index < -0.39 is 22.9 Å². The molecule has 4 aromatic rings. The fourth-order valence-electron chi connectivity index (χ4n) is 5.19. The van der Waals surface area contributed by atoms with Crippen molar-refractivity contribution in [2.24, 2.45) is 0 Å². The number of fused-ring (bicyclic) bond motifs is 3. The average Bonchev–Trinajstić information content (AvgIpc) is 3.48. The van der Waals surface area contributed by atoms with Gasteiger partial charge in [0.15, 0.2) is 16.6 Å². The predicted molar refractivity (Wildman–Crippen MR) is 180 cm³/mol. The number of aromatic nitrogens is 2. The highest BCUT2D eigenvalue weighted by atomic mass is 28.4. The third-order valence-electron chi connectivity index (χ3n) is 9.95. The second-order valence-corrected chi connectivity index (χ2v) is 24.7. The zero-order chi connectivity index (χ0) is 31.5. The summed E-state index contributed by atoms with van der Waals surface area (Å²) in [6.07, 6.45) is 1.50. The monoisotopic (exact) mass is 620 g/mol. The van der Waals surface area contributed by atoms with Gasteiger partial charge in [-0.3, -0.25) is 4.57 Å². The van der Waals surface area contributed by atoms with E-state index >= 15 is 0 Å². The van der Waals surface area contributed by atoms with Crippen molar-refractivity contribution in [2.75, 3.05) is 6.61 Å². The van der Waals surface area contributed by atoms with Gasteiger partial charge in [-0.2, -0.15) is 4.98 Å². The first kappa shape index (κ1) is 31.8. The number of para-hydroxylation sites is 2. The van der Waals surface area contributed by atoms with Crippen LogP contribution in [0.2, 0.25) is 36.3 Å². The SMILES string of the molecule is Cc1cn([C@H]2C[C@H](O[Si](C)(C)C(C)(C)C)[C@@H](CO[Si](C)(C)C(C)(C)C)O2)c(=O)nc1-c1cccc2c1oc1ccccc12. The summed E-state index contributed by atoms with van der Waals surface area (Å²) in [6.45, 7) is 24.9. The van der Waals surface area contributed by atoms with Crippen molar-refractivity contribution in [2.45, 2.75) is 110 Å². The second-order valence-electron chi connectivity index (χ2n) is 15.1. The number of nitrogens with zero attached hydrogens (tertiary/aromatic N) is 2. The molecule has 1 saturated heterocycles. The number of rotatable bonds is 7. The quantitative estimate of drug-likeness (QED) is 0.192. The standard InChI is InChI=1S/C34H48N2O5Si2/c1-22-20-36(32(37)35-30(22)25-17-14-16-24-23-15-12-13-18-26(23)40-31(24)25)29-19-27(41-43(10,11)34(5,6)7)28(39-29)21-38-42(8,9)33(2,3)4/h12-18,20,27-29H,19,21H2,1-11H3/t27-,28+,29+/m0/s1. The number of furan rings is 1. The van der Waals surface area contributed by atoms with Crippen LogP contribution in [0.5, 0.6) is 0 Å². The van der Waals surface area contributed by atoms with Crippen molar-refractivity contribution in [3.63, 3.8) is 0 Å². The minimum absolute atomic E-state index is 0.0459. The molecule has 0 spiro atoms. The molecule has 0 unspecified atom stereocenters. The molecular formula is C34H48N2O5Si2. The van der Waals surface area contributed by atoms with Gasteiger partial charge in [0.05, 0.1) is 18.4 Å². The minimum Gasteiger partial charge on any atom is -0.455 e. The van der Waals surface area contributed by atoms with E-state index in [1.165, 1.54) is 0 Å². The summed E-state index contributed by atoms with van der Waals surface area (Å²) >= 11 is 0. The molecule has 2 aromatic heterocycles. The van der Waals surface area contributed by atoms with Gasteiger partial charge < -0.3 is 18.0 Å². The van der Waals surface area contributed by atoms with Crippen LogP contribution in [-0.2, 0) is 13.6 Å². The molecule has 232 valence electrons. The van der Waals surface area contributed by atoms with Crippen LogP contribution in [0.15, 0.2) is 57.9 Å². The Balaban J connectivity index is 1.48. The molecule has 0 radical (unpaired) electrons. The first-order valence-electron chi connectivity index (χ1n) is 15.4. The largest absolute Gasteiger partial charge is 0.455 e. The van der Waals surface area contributed by atoms with Gasteiger partial charge in [0.25, 0.3) is 0 Å². The van der Waals surface area contributed by atoms with Gasteiger partial charge in [-0.05, 0) is 60.9 Å². The molecule has 3 heterocycles. The molecule has 1 aliphatic heterocycles. The van der Waals surface area contributed by atoms with Gasteiger partial charge in [-0.25, -0.2) is 4.79 Å². The maximum Gasteiger partial charge on any atom is 0.350 e. The molecule has 5 rings (SSSR count). The molecule has 1 aliphatic rings. The van der Waals surface area contributed by atoms with Crippen LogP contribution in [-0.4, -0.2) is 45.0 Å². The molecule has 0 aliphatic carbocycles. The third kappa shape index (κ3) is 6.07. The fourth-order valence-corrected chi connectivity index (χ4v) is 7.56. The number of aryl methyl sites for hydroxylation is 1. The molecule has 2 aromatic carbocycles. The number of hydrogen-bond donors (Lipinski definition) is 0. The van der Waals surface area contributed by atoms with Gasteiger partial charge in [0.1, 0.15) is 23.5 Å². The van der Waals surface area contributed by atoms with Crippen molar-refractivity contribution in [1.82, 2.24) is 9.55 Å². The molecule has 43 heavy (non-hydrogen) atoms. The Morgan fingerprint density at radius 1 is 0.930 bits per heavy atom. The van der Waals surface area contributed by atoms with Crippen LogP contribution in [0.4, 0.5) is 0 Å². The van der Waals surface area contributed by atoms with Crippen molar-refractivity contribution >= 4 is 38.6 Å². The highest BCUT2D eigenvalue weighted by Crippen LogP contribution is 2.43. The van der Waals surface area contributed by atoms with Gasteiger partial charge in [0, 0.05) is 29.0 Å². The van der Waals surface area contributed by atoms with Crippen molar-refractivity contribution in [3.8, 4) is 11.3 Å². The van der Waals surface area contributed by atoms with Crippen LogP contribution in [0, 0.1) is 6.92 Å². The first-order chi connectivity index (χ1) is 19.9. The van der Waals surface area contributed by atoms with Gasteiger partial charge in [0.2, 0.25) is 0 Å². The summed E-state index contributed by atoms with van der Waals surface area (Å²) in [5.41, 5.74) is 3.50. The lowest BCUT2D eigenvalue weighted by Gasteiger charge is -2.40. The van der Waals surface area contributed by atoms with E-state index in [4.69, 9.17) is 18.0 Å². The maximum absolute atomic E-state index is 13.7. The van der Waals surface area contributed by atoms with Crippen molar-refractivity contribution < 1.29 is 18.0 Å². The lowest BCUT2D eigenvalue weighted by atomic mass is 10.0. The summed E-state index contributed by atoms with van der Waals surface area (Å²) in [6, 6.07) is 14.0. The average molecular weight is 621 g/mol. The molecule has 7 nitrogen and oxygen atoms in total. The van der Waals surface area contributed by atoms with E-state index in [1.807, 2.05) is 55.6 Å². The van der Waals surface area contributed by atoms with Crippen molar-refractivity contribution in [1.29, 1.82) is 0 Å². The van der Waals surface area contributed by atoms with E-state index in [-0.39, 0.29) is 28.0 Å². The summed E-state index contributed by atoms with van der Waals surface area (Å²) in [4.78, 5) is 18.3. The topological polar surface area (TPSA) is 75.7 Å². The van der Waals surface area contributed by atoms with Crippen LogP contribution >= 0.6 is 0 Å². The summed E-state index contributed by atoms with van der Waals surface area (Å²) in [5, 5.41) is 2.18. The highest BCUT2D eigenvalue weighted by Gasteiger charge is 2.47. The Hall–Kier alpha value is -2.57.